The molecule has 1 amide bonds. The normalized spacial score (nSPS) is 14.0. The Morgan fingerprint density at radius 1 is 1.35 bits per heavy atom. The first-order chi connectivity index (χ1) is 9.65. The van der Waals surface area contributed by atoms with Crippen LogP contribution in [-0.4, -0.2) is 22.3 Å². The summed E-state index contributed by atoms with van der Waals surface area (Å²) in [7, 11) is 0. The topological polar surface area (TPSA) is 33.2 Å². The van der Waals surface area contributed by atoms with E-state index in [1.807, 2.05) is 41.4 Å². The standard InChI is InChI=1S/C15H12BrIN2O/c16-11-3-4-13(17)12(8-11)15(20)19-7-5-14-10(9-19)2-1-6-18-14/h1-4,6,8H,5,7,9H2. The number of halogens is 2. The largest absolute Gasteiger partial charge is 0.334 e. The maximum absolute atomic E-state index is 12.7. The van der Waals surface area contributed by atoms with E-state index in [0.717, 1.165) is 37.8 Å². The zero-order valence-corrected chi connectivity index (χ0v) is 14.4. The van der Waals surface area contributed by atoms with Crippen molar-refractivity contribution in [3.63, 3.8) is 0 Å². The van der Waals surface area contributed by atoms with E-state index >= 15 is 0 Å². The molecule has 102 valence electrons. The second kappa shape index (κ2) is 5.81. The second-order valence-corrected chi connectivity index (χ2v) is 6.79. The zero-order valence-electron chi connectivity index (χ0n) is 10.6. The van der Waals surface area contributed by atoms with Crippen molar-refractivity contribution in [1.29, 1.82) is 0 Å². The zero-order chi connectivity index (χ0) is 14.1. The smallest absolute Gasteiger partial charge is 0.255 e. The molecule has 1 aliphatic heterocycles. The predicted molar refractivity (Wildman–Crippen MR) is 89.5 cm³/mol. The summed E-state index contributed by atoms with van der Waals surface area (Å²) in [5.41, 5.74) is 3.02. The lowest BCUT2D eigenvalue weighted by Gasteiger charge is -2.28. The van der Waals surface area contributed by atoms with Gasteiger partial charge in [0.2, 0.25) is 0 Å². The molecule has 0 N–H and O–H groups in total. The Morgan fingerprint density at radius 3 is 3.05 bits per heavy atom. The SMILES string of the molecule is O=C(c1cc(Br)ccc1I)N1CCc2ncccc2C1. The maximum Gasteiger partial charge on any atom is 0.255 e. The molecule has 1 aromatic carbocycles. The van der Waals surface area contributed by atoms with Gasteiger partial charge in [0.25, 0.3) is 5.91 Å². The molecule has 3 nitrogen and oxygen atoms in total. The van der Waals surface area contributed by atoms with Crippen LogP contribution in [0.2, 0.25) is 0 Å². The van der Waals surface area contributed by atoms with Crippen molar-refractivity contribution in [3.8, 4) is 0 Å². The first kappa shape index (κ1) is 14.0. The minimum Gasteiger partial charge on any atom is -0.334 e. The Kier molecular flexibility index (Phi) is 4.07. The number of aromatic nitrogens is 1. The lowest BCUT2D eigenvalue weighted by molar-refractivity contribution is 0.0732. The molecule has 1 aromatic heterocycles. The summed E-state index contributed by atoms with van der Waals surface area (Å²) in [6.45, 7) is 1.37. The number of pyridine rings is 1. The fraction of sp³-hybridized carbons (Fsp3) is 0.200. The van der Waals surface area contributed by atoms with Gasteiger partial charge in [0.15, 0.2) is 0 Å². The number of amides is 1. The average molecular weight is 443 g/mol. The van der Waals surface area contributed by atoms with E-state index in [9.17, 15) is 4.79 Å². The second-order valence-electron chi connectivity index (χ2n) is 4.71. The molecule has 1 aliphatic rings. The van der Waals surface area contributed by atoms with Gasteiger partial charge in [-0.05, 0) is 52.4 Å². The lowest BCUT2D eigenvalue weighted by atomic mass is 10.0. The molecule has 0 radical (unpaired) electrons. The fourth-order valence-corrected chi connectivity index (χ4v) is 3.30. The molecule has 0 unspecified atom stereocenters. The fourth-order valence-electron chi connectivity index (χ4n) is 2.37. The van der Waals surface area contributed by atoms with Crippen molar-refractivity contribution in [2.45, 2.75) is 13.0 Å². The number of hydrogen-bond acceptors (Lipinski definition) is 2. The molecule has 5 heteroatoms. The number of rotatable bonds is 1. The van der Waals surface area contributed by atoms with E-state index in [2.05, 4.69) is 43.5 Å². The van der Waals surface area contributed by atoms with Crippen molar-refractivity contribution in [1.82, 2.24) is 9.88 Å². The van der Waals surface area contributed by atoms with Crippen molar-refractivity contribution < 1.29 is 4.79 Å². The highest BCUT2D eigenvalue weighted by atomic mass is 127. The average Bonchev–Trinajstić information content (AvgIpc) is 2.48. The van der Waals surface area contributed by atoms with Crippen LogP contribution in [0.15, 0.2) is 41.0 Å². The third kappa shape index (κ3) is 2.74. The lowest BCUT2D eigenvalue weighted by Crippen LogP contribution is -2.36. The molecule has 0 bridgehead atoms. The summed E-state index contributed by atoms with van der Waals surface area (Å²) >= 11 is 5.64. The quantitative estimate of drug-likeness (QED) is 0.631. The Morgan fingerprint density at radius 2 is 2.20 bits per heavy atom. The van der Waals surface area contributed by atoms with Crippen LogP contribution >= 0.6 is 38.5 Å². The number of nitrogens with zero attached hydrogens (tertiary/aromatic N) is 2. The third-order valence-electron chi connectivity index (χ3n) is 3.41. The van der Waals surface area contributed by atoms with Gasteiger partial charge in [-0.15, -0.1) is 0 Å². The van der Waals surface area contributed by atoms with Crippen LogP contribution in [0.1, 0.15) is 21.6 Å². The van der Waals surface area contributed by atoms with Gasteiger partial charge in [-0.3, -0.25) is 9.78 Å². The summed E-state index contributed by atoms with van der Waals surface area (Å²) in [6.07, 6.45) is 2.64. The number of fused-ring (bicyclic) bond motifs is 1. The summed E-state index contributed by atoms with van der Waals surface area (Å²) in [5.74, 6) is 0.0882. The van der Waals surface area contributed by atoms with Gasteiger partial charge in [-0.2, -0.15) is 0 Å². The van der Waals surface area contributed by atoms with Crippen LogP contribution in [-0.2, 0) is 13.0 Å². The Balaban J connectivity index is 1.88. The number of carbonyl (C=O) groups is 1. The minimum atomic E-state index is 0.0882. The van der Waals surface area contributed by atoms with Crippen LogP contribution in [0.4, 0.5) is 0 Å². The van der Waals surface area contributed by atoms with Gasteiger partial charge >= 0.3 is 0 Å². The van der Waals surface area contributed by atoms with E-state index in [1.54, 1.807) is 0 Å². The maximum atomic E-state index is 12.7. The number of benzene rings is 1. The minimum absolute atomic E-state index is 0.0882. The molecule has 0 aliphatic carbocycles. The third-order valence-corrected chi connectivity index (χ3v) is 4.84. The molecule has 0 saturated heterocycles. The van der Waals surface area contributed by atoms with Gasteiger partial charge in [0.05, 0.1) is 5.56 Å². The summed E-state index contributed by atoms with van der Waals surface area (Å²) < 4.78 is 1.91. The van der Waals surface area contributed by atoms with Crippen molar-refractivity contribution in [2.75, 3.05) is 6.54 Å². The first-order valence-electron chi connectivity index (χ1n) is 6.32. The van der Waals surface area contributed by atoms with Crippen molar-refractivity contribution in [2.24, 2.45) is 0 Å². The number of hydrogen-bond donors (Lipinski definition) is 0. The molecule has 0 saturated carbocycles. The molecule has 3 rings (SSSR count). The predicted octanol–water partition coefficient (Wildman–Crippen LogP) is 3.65. The first-order valence-corrected chi connectivity index (χ1v) is 8.19. The summed E-state index contributed by atoms with van der Waals surface area (Å²) in [6, 6.07) is 9.78. The van der Waals surface area contributed by atoms with E-state index in [0.29, 0.717) is 6.54 Å². The van der Waals surface area contributed by atoms with Crippen LogP contribution in [0, 0.1) is 3.57 Å². The van der Waals surface area contributed by atoms with Gasteiger partial charge in [-0.25, -0.2) is 0 Å². The highest BCUT2D eigenvalue weighted by molar-refractivity contribution is 14.1. The molecule has 2 heterocycles. The van der Waals surface area contributed by atoms with Crippen LogP contribution in [0.5, 0.6) is 0 Å². The molecular weight excluding hydrogens is 431 g/mol. The monoisotopic (exact) mass is 442 g/mol. The molecular formula is C15H12BrIN2O. The summed E-state index contributed by atoms with van der Waals surface area (Å²) in [4.78, 5) is 18.9. The van der Waals surface area contributed by atoms with E-state index in [1.165, 1.54) is 0 Å². The van der Waals surface area contributed by atoms with Crippen molar-refractivity contribution >= 4 is 44.4 Å². The summed E-state index contributed by atoms with van der Waals surface area (Å²) in [5, 5.41) is 0. The van der Waals surface area contributed by atoms with Crippen LogP contribution in [0.25, 0.3) is 0 Å². The van der Waals surface area contributed by atoms with E-state index in [4.69, 9.17) is 0 Å². The van der Waals surface area contributed by atoms with Crippen LogP contribution in [0.3, 0.4) is 0 Å². The Labute approximate surface area is 139 Å². The highest BCUT2D eigenvalue weighted by Gasteiger charge is 2.23. The molecule has 20 heavy (non-hydrogen) atoms. The van der Waals surface area contributed by atoms with Gasteiger partial charge in [0.1, 0.15) is 0 Å². The van der Waals surface area contributed by atoms with Gasteiger partial charge in [-0.1, -0.05) is 22.0 Å². The van der Waals surface area contributed by atoms with Gasteiger partial charge in [0, 0.05) is 39.4 Å². The molecule has 0 fully saturated rings. The molecule has 0 atom stereocenters. The van der Waals surface area contributed by atoms with E-state index < -0.39 is 0 Å². The van der Waals surface area contributed by atoms with Gasteiger partial charge < -0.3 is 4.90 Å². The number of carbonyl (C=O) groups excluding carboxylic acids is 1. The highest BCUT2D eigenvalue weighted by Crippen LogP contribution is 2.23. The molecule has 2 aromatic rings. The Hall–Kier alpha value is -0.950. The van der Waals surface area contributed by atoms with Crippen molar-refractivity contribution in [3.05, 3.63) is 61.4 Å². The Bertz CT molecular complexity index is 675. The van der Waals surface area contributed by atoms with E-state index in [-0.39, 0.29) is 5.91 Å². The van der Waals surface area contributed by atoms with Crippen LogP contribution < -0.4 is 0 Å². The molecule has 0 spiro atoms.